The number of hydrogen-bond acceptors (Lipinski definition) is 9. The SMILES string of the molecule is CCOc1ccc(C2C(C#N)=C(N)Oc3cc(OC(=O)COc4ccc([N+](=O)[O-])cc4)ccc32)cc1. The van der Waals surface area contributed by atoms with Crippen LogP contribution >= 0.6 is 0 Å². The molecule has 1 unspecified atom stereocenters. The van der Waals surface area contributed by atoms with E-state index in [1.807, 2.05) is 31.2 Å². The predicted octanol–water partition coefficient (Wildman–Crippen LogP) is 4.20. The fraction of sp³-hybridized carbons (Fsp3) is 0.154. The zero-order valence-electron chi connectivity index (χ0n) is 19.2. The van der Waals surface area contributed by atoms with Crippen LogP contribution in [0, 0.1) is 21.4 Å². The van der Waals surface area contributed by atoms with E-state index in [1.54, 1.807) is 12.1 Å². The van der Waals surface area contributed by atoms with Gasteiger partial charge < -0.3 is 24.7 Å². The molecule has 0 amide bonds. The van der Waals surface area contributed by atoms with Gasteiger partial charge in [0.25, 0.3) is 5.69 Å². The predicted molar refractivity (Wildman–Crippen MR) is 128 cm³/mol. The molecule has 10 heteroatoms. The van der Waals surface area contributed by atoms with Crippen LogP contribution in [0.2, 0.25) is 0 Å². The Hall–Kier alpha value is -5.04. The maximum absolute atomic E-state index is 12.3. The Balaban J connectivity index is 1.49. The molecule has 0 radical (unpaired) electrons. The van der Waals surface area contributed by atoms with Crippen LogP contribution < -0.4 is 24.7 Å². The van der Waals surface area contributed by atoms with Crippen LogP contribution in [0.15, 0.2) is 78.2 Å². The molecule has 10 nitrogen and oxygen atoms in total. The van der Waals surface area contributed by atoms with Crippen LogP contribution in [-0.2, 0) is 4.79 Å². The van der Waals surface area contributed by atoms with Crippen LogP contribution in [0.4, 0.5) is 5.69 Å². The van der Waals surface area contributed by atoms with Crippen LogP contribution in [-0.4, -0.2) is 24.1 Å². The molecule has 36 heavy (non-hydrogen) atoms. The summed E-state index contributed by atoms with van der Waals surface area (Å²) in [6.45, 7) is 2.02. The second kappa shape index (κ2) is 10.5. The van der Waals surface area contributed by atoms with Crippen molar-refractivity contribution in [1.29, 1.82) is 5.26 Å². The molecule has 2 N–H and O–H groups in total. The summed E-state index contributed by atoms with van der Waals surface area (Å²) in [7, 11) is 0. The van der Waals surface area contributed by atoms with Crippen molar-refractivity contribution in [3.05, 3.63) is 99.4 Å². The Kier molecular flexibility index (Phi) is 7.02. The van der Waals surface area contributed by atoms with Gasteiger partial charge >= 0.3 is 5.97 Å². The number of allylic oxidation sites excluding steroid dienone is 1. The van der Waals surface area contributed by atoms with Gasteiger partial charge in [0.15, 0.2) is 6.61 Å². The molecule has 0 bridgehead atoms. The number of hydrogen-bond donors (Lipinski definition) is 1. The highest BCUT2D eigenvalue weighted by molar-refractivity contribution is 5.74. The molecule has 0 fully saturated rings. The fourth-order valence-electron chi connectivity index (χ4n) is 3.73. The molecule has 0 spiro atoms. The van der Waals surface area contributed by atoms with Crippen molar-refractivity contribution < 1.29 is 28.7 Å². The van der Waals surface area contributed by atoms with E-state index in [2.05, 4.69) is 6.07 Å². The van der Waals surface area contributed by atoms with E-state index in [9.17, 15) is 20.2 Å². The Labute approximate surface area is 206 Å². The third kappa shape index (κ3) is 5.20. The molecule has 182 valence electrons. The summed E-state index contributed by atoms with van der Waals surface area (Å²) < 4.78 is 21.8. The number of ether oxygens (including phenoxy) is 4. The van der Waals surface area contributed by atoms with Gasteiger partial charge in [-0.2, -0.15) is 5.26 Å². The maximum atomic E-state index is 12.3. The van der Waals surface area contributed by atoms with Gasteiger partial charge in [0, 0.05) is 23.8 Å². The fourth-order valence-corrected chi connectivity index (χ4v) is 3.73. The second-order valence-corrected chi connectivity index (χ2v) is 7.64. The summed E-state index contributed by atoms with van der Waals surface area (Å²) in [6.07, 6.45) is 0. The van der Waals surface area contributed by atoms with Gasteiger partial charge in [-0.3, -0.25) is 10.1 Å². The van der Waals surface area contributed by atoms with Crippen molar-refractivity contribution in [3.63, 3.8) is 0 Å². The average molecular weight is 487 g/mol. The zero-order valence-corrected chi connectivity index (χ0v) is 19.2. The number of nitrogens with two attached hydrogens (primary N) is 1. The summed E-state index contributed by atoms with van der Waals surface area (Å²) in [5, 5.41) is 20.4. The van der Waals surface area contributed by atoms with E-state index in [0.29, 0.717) is 23.7 Å². The average Bonchev–Trinajstić information content (AvgIpc) is 2.87. The van der Waals surface area contributed by atoms with Gasteiger partial charge in [0.2, 0.25) is 5.88 Å². The number of esters is 1. The molecule has 0 saturated heterocycles. The van der Waals surface area contributed by atoms with Crippen LogP contribution in [0.5, 0.6) is 23.0 Å². The number of fused-ring (bicyclic) bond motifs is 1. The van der Waals surface area contributed by atoms with Crippen molar-refractivity contribution in [2.24, 2.45) is 5.73 Å². The second-order valence-electron chi connectivity index (χ2n) is 7.64. The molecule has 1 heterocycles. The molecule has 0 saturated carbocycles. The minimum Gasteiger partial charge on any atom is -0.494 e. The lowest BCUT2D eigenvalue weighted by atomic mass is 9.83. The monoisotopic (exact) mass is 487 g/mol. The topological polar surface area (TPSA) is 147 Å². The van der Waals surface area contributed by atoms with Crippen LogP contribution in [0.3, 0.4) is 0 Å². The van der Waals surface area contributed by atoms with E-state index in [1.165, 1.54) is 30.3 Å². The lowest BCUT2D eigenvalue weighted by Crippen LogP contribution is -2.21. The molecule has 0 aliphatic carbocycles. The van der Waals surface area contributed by atoms with E-state index < -0.39 is 23.4 Å². The van der Waals surface area contributed by atoms with E-state index in [-0.39, 0.29) is 28.6 Å². The number of rotatable bonds is 8. The van der Waals surface area contributed by atoms with Crippen molar-refractivity contribution in [1.82, 2.24) is 0 Å². The number of benzene rings is 3. The first-order valence-electron chi connectivity index (χ1n) is 10.9. The molecule has 4 rings (SSSR count). The molecule has 1 aliphatic heterocycles. The van der Waals surface area contributed by atoms with Crippen LogP contribution in [0.25, 0.3) is 0 Å². The first-order chi connectivity index (χ1) is 17.4. The highest BCUT2D eigenvalue weighted by atomic mass is 16.6. The summed E-state index contributed by atoms with van der Waals surface area (Å²) in [5.41, 5.74) is 7.74. The lowest BCUT2D eigenvalue weighted by molar-refractivity contribution is -0.384. The molecular formula is C26H21N3O7. The van der Waals surface area contributed by atoms with Gasteiger partial charge in [-0.25, -0.2) is 4.79 Å². The number of nitro groups is 1. The van der Waals surface area contributed by atoms with Gasteiger partial charge in [0.05, 0.1) is 17.4 Å². The maximum Gasteiger partial charge on any atom is 0.349 e. The molecule has 3 aromatic carbocycles. The van der Waals surface area contributed by atoms with Gasteiger partial charge in [-0.05, 0) is 42.8 Å². The zero-order chi connectivity index (χ0) is 25.7. The highest BCUT2D eigenvalue weighted by Crippen LogP contribution is 2.43. The minimum absolute atomic E-state index is 0.0335. The molecule has 1 aliphatic rings. The molecule has 0 aromatic heterocycles. The van der Waals surface area contributed by atoms with E-state index in [4.69, 9.17) is 24.7 Å². The van der Waals surface area contributed by atoms with Gasteiger partial charge in [-0.1, -0.05) is 18.2 Å². The summed E-state index contributed by atoms with van der Waals surface area (Å²) in [4.78, 5) is 22.5. The largest absolute Gasteiger partial charge is 0.494 e. The lowest BCUT2D eigenvalue weighted by Gasteiger charge is -2.26. The Morgan fingerprint density at radius 1 is 1.06 bits per heavy atom. The summed E-state index contributed by atoms with van der Waals surface area (Å²) >= 11 is 0. The number of nitro benzene ring substituents is 1. The summed E-state index contributed by atoms with van der Waals surface area (Å²) in [5.74, 6) is 0.359. The van der Waals surface area contributed by atoms with Gasteiger partial charge in [0.1, 0.15) is 34.6 Å². The molecular weight excluding hydrogens is 466 g/mol. The Morgan fingerprint density at radius 3 is 2.33 bits per heavy atom. The Morgan fingerprint density at radius 2 is 1.69 bits per heavy atom. The van der Waals surface area contributed by atoms with Crippen molar-refractivity contribution in [2.45, 2.75) is 12.8 Å². The number of carbonyl (C=O) groups is 1. The van der Waals surface area contributed by atoms with Crippen LogP contribution in [0.1, 0.15) is 24.0 Å². The van der Waals surface area contributed by atoms with E-state index >= 15 is 0 Å². The smallest absolute Gasteiger partial charge is 0.349 e. The first-order valence-corrected chi connectivity index (χ1v) is 10.9. The normalized spacial score (nSPS) is 14.2. The van der Waals surface area contributed by atoms with Crippen molar-refractivity contribution in [3.8, 4) is 29.1 Å². The third-order valence-corrected chi connectivity index (χ3v) is 5.35. The number of nitriles is 1. The Bertz CT molecular complexity index is 1360. The quantitative estimate of drug-likeness (QED) is 0.214. The van der Waals surface area contributed by atoms with Gasteiger partial charge in [-0.15, -0.1) is 0 Å². The highest BCUT2D eigenvalue weighted by Gasteiger charge is 2.31. The standard InChI is InChI=1S/C26H21N3O7/c1-2-33-18-7-3-16(4-8-18)25-21-12-11-20(13-23(21)36-26(28)22(25)14-27)35-24(30)15-34-19-9-5-17(6-10-19)29(31)32/h3-13,25H,2,15,28H2,1H3. The molecule has 1 atom stereocenters. The number of carbonyl (C=O) groups excluding carboxylic acids is 1. The minimum atomic E-state index is -0.687. The number of non-ortho nitro benzene ring substituents is 1. The first kappa shape index (κ1) is 24.1. The third-order valence-electron chi connectivity index (χ3n) is 5.35. The van der Waals surface area contributed by atoms with Crippen molar-refractivity contribution in [2.75, 3.05) is 13.2 Å². The number of nitrogens with zero attached hydrogens (tertiary/aromatic N) is 2. The van der Waals surface area contributed by atoms with E-state index in [0.717, 1.165) is 5.56 Å². The summed E-state index contributed by atoms with van der Waals surface area (Å²) in [6, 6.07) is 19.6. The molecule has 3 aromatic rings. The van der Waals surface area contributed by atoms with Crippen molar-refractivity contribution >= 4 is 11.7 Å².